The average molecular weight is 1010 g/mol. The van der Waals surface area contributed by atoms with Gasteiger partial charge in [-0.25, -0.2) is 0 Å². The molecule has 1 saturated carbocycles. The van der Waals surface area contributed by atoms with E-state index in [1.807, 2.05) is 96.1 Å². The van der Waals surface area contributed by atoms with Crippen LogP contribution in [0.25, 0.3) is 43.6 Å². The molecule has 327 valence electrons. The van der Waals surface area contributed by atoms with Gasteiger partial charge in [0.15, 0.2) is 11.2 Å². The fourth-order valence-electron chi connectivity index (χ4n) is 8.43. The third-order valence-corrected chi connectivity index (χ3v) is 13.6. The topological polar surface area (TPSA) is 50.2 Å². The summed E-state index contributed by atoms with van der Waals surface area (Å²) in [5, 5.41) is 15.8. The number of halogens is 6. The first-order valence-corrected chi connectivity index (χ1v) is 20.9. The van der Waals surface area contributed by atoms with Gasteiger partial charge in [-0.15, -0.1) is 29.1 Å². The maximum Gasteiger partial charge on any atom is 0.403 e. The molecule has 1 heterocycles. The van der Waals surface area contributed by atoms with Crippen molar-refractivity contribution in [2.75, 3.05) is 0 Å². The van der Waals surface area contributed by atoms with Crippen LogP contribution in [0.5, 0.6) is 0 Å². The summed E-state index contributed by atoms with van der Waals surface area (Å²) in [4.78, 5) is 16.9. The van der Waals surface area contributed by atoms with Crippen molar-refractivity contribution in [2.24, 2.45) is 16.2 Å². The van der Waals surface area contributed by atoms with Crippen molar-refractivity contribution in [3.63, 3.8) is 0 Å². The minimum Gasteiger partial charge on any atom is -0.512 e. The summed E-state index contributed by atoms with van der Waals surface area (Å²) in [6.45, 7) is 18.6. The van der Waals surface area contributed by atoms with E-state index >= 15 is 0 Å². The fraction of sp³-hybridized carbons (Fsp3) is 0.480. The number of carbonyl (C=O) groups excluding carboxylic acids is 1. The number of fused-ring (bicyclic) bond motifs is 4. The summed E-state index contributed by atoms with van der Waals surface area (Å²) in [6, 6.07) is 25.3. The largest absolute Gasteiger partial charge is 0.512 e. The summed E-state index contributed by atoms with van der Waals surface area (Å²) >= 11 is 0. The number of aromatic nitrogens is 1. The van der Waals surface area contributed by atoms with Gasteiger partial charge < -0.3 is 5.11 Å². The van der Waals surface area contributed by atoms with Crippen LogP contribution < -0.4 is 0 Å². The Kier molecular flexibility index (Phi) is 14.9. The first kappa shape index (κ1) is 48.9. The number of benzene rings is 4. The number of rotatable bonds is 9. The maximum absolute atomic E-state index is 13.7. The molecular weight excluding hydrogens is 953 g/mol. The SMILES string of the molecule is CC(C)(C)c1cc(-c2nccc3c2ccc2c(C4CCC(C(F)(F)F)(C(F)(F)F)CC4)cccc23)[c-]c2ccccc12.CCC(C)(CC)C(=O)/C=C(\O)C(C)(CC)CC.[Ir]. The fourth-order valence-corrected chi connectivity index (χ4v) is 8.43. The molecule has 0 saturated heterocycles. The molecule has 1 fully saturated rings. The third-order valence-electron chi connectivity index (χ3n) is 13.6. The number of ketones is 1. The Bertz CT molecular complexity index is 2310. The van der Waals surface area contributed by atoms with E-state index in [1.54, 1.807) is 6.20 Å². The molecule has 0 bridgehead atoms. The Morgan fingerprint density at radius 3 is 1.82 bits per heavy atom. The molecule has 0 aliphatic heterocycles. The molecule has 0 spiro atoms. The molecule has 3 nitrogen and oxygen atoms in total. The molecule has 0 amide bonds. The van der Waals surface area contributed by atoms with E-state index in [4.69, 9.17) is 4.98 Å². The van der Waals surface area contributed by atoms with Crippen LogP contribution in [0.2, 0.25) is 0 Å². The standard InChI is InChI=1S/C35H30F6N.C15H28O2.Ir/c1-32(2,3)30-20-23(19-22-7-4-5-8-25(22)30)31-29-12-11-27-24(9-6-10-26(27)28(29)15-18-42-31)21-13-16-33(17-14-21,34(36,37)38)35(39,40)41;1-7-14(5,8-2)12(16)11-13(17)15(6,9-3)10-4;/h4-12,15,18,20-21H,13-14,16-17H2,1-3H3;11,16H,7-10H2,1-6H3;/q-1;;/b;12-11-;. The van der Waals surface area contributed by atoms with Crippen molar-refractivity contribution < 1.29 is 56.3 Å². The van der Waals surface area contributed by atoms with Gasteiger partial charge in [0.05, 0.1) is 0 Å². The second-order valence-corrected chi connectivity index (χ2v) is 17.9. The van der Waals surface area contributed by atoms with Crippen molar-refractivity contribution in [3.8, 4) is 11.3 Å². The van der Waals surface area contributed by atoms with Crippen molar-refractivity contribution in [1.82, 2.24) is 4.98 Å². The van der Waals surface area contributed by atoms with E-state index in [0.717, 1.165) is 74.8 Å². The van der Waals surface area contributed by atoms with Gasteiger partial charge in [0.1, 0.15) is 5.76 Å². The molecule has 0 unspecified atom stereocenters. The van der Waals surface area contributed by atoms with Gasteiger partial charge in [0.2, 0.25) is 0 Å². The normalized spacial score (nSPS) is 15.8. The number of hydrogen-bond donors (Lipinski definition) is 1. The monoisotopic (exact) mass is 1010 g/mol. The number of allylic oxidation sites excluding steroid dienone is 2. The van der Waals surface area contributed by atoms with E-state index < -0.39 is 36.5 Å². The molecule has 5 aromatic rings. The van der Waals surface area contributed by atoms with Gasteiger partial charge in [-0.1, -0.05) is 122 Å². The van der Waals surface area contributed by atoms with Crippen LogP contribution in [-0.4, -0.2) is 28.2 Å². The van der Waals surface area contributed by atoms with Gasteiger partial charge >= 0.3 is 12.4 Å². The Hall–Kier alpha value is -3.75. The smallest absolute Gasteiger partial charge is 0.403 e. The molecular formula is C50H58F6IrNO2-. The van der Waals surface area contributed by atoms with Gasteiger partial charge in [-0.3, -0.25) is 9.78 Å². The summed E-state index contributed by atoms with van der Waals surface area (Å²) < 4.78 is 82.1. The van der Waals surface area contributed by atoms with Gasteiger partial charge in [0.25, 0.3) is 0 Å². The van der Waals surface area contributed by atoms with Gasteiger partial charge in [-0.05, 0) is 95.9 Å². The molecule has 60 heavy (non-hydrogen) atoms. The first-order chi connectivity index (χ1) is 27.5. The Balaban J connectivity index is 0.000000376. The van der Waals surface area contributed by atoms with Crippen molar-refractivity contribution in [1.29, 1.82) is 0 Å². The number of pyridine rings is 1. The quantitative estimate of drug-likeness (QED) is 0.0526. The van der Waals surface area contributed by atoms with Crippen LogP contribution in [0, 0.1) is 22.3 Å². The Labute approximate surface area is 364 Å². The molecule has 4 aromatic carbocycles. The Morgan fingerprint density at radius 2 is 1.27 bits per heavy atom. The first-order valence-electron chi connectivity index (χ1n) is 20.9. The van der Waals surface area contributed by atoms with Crippen LogP contribution in [0.4, 0.5) is 26.3 Å². The second kappa shape index (κ2) is 18.3. The van der Waals surface area contributed by atoms with Gasteiger partial charge in [-0.2, -0.15) is 26.3 Å². The van der Waals surface area contributed by atoms with Crippen LogP contribution >= 0.6 is 0 Å². The molecule has 6 rings (SSSR count). The minimum atomic E-state index is -5.33. The minimum absolute atomic E-state index is 0. The number of aliphatic hydroxyl groups excluding tert-OH is 1. The molecule has 1 radical (unpaired) electrons. The molecule has 1 N–H and O–H groups in total. The number of alkyl halides is 6. The average Bonchev–Trinajstić information content (AvgIpc) is 3.21. The van der Waals surface area contributed by atoms with E-state index in [-0.39, 0.29) is 60.7 Å². The zero-order chi connectivity index (χ0) is 43.8. The van der Waals surface area contributed by atoms with E-state index in [2.05, 4.69) is 39.0 Å². The maximum atomic E-state index is 13.7. The van der Waals surface area contributed by atoms with Crippen LogP contribution in [-0.2, 0) is 30.3 Å². The van der Waals surface area contributed by atoms with Crippen molar-refractivity contribution in [2.45, 2.75) is 137 Å². The number of carbonyl (C=O) groups is 1. The second-order valence-electron chi connectivity index (χ2n) is 17.9. The molecule has 0 atom stereocenters. The van der Waals surface area contributed by atoms with E-state index in [0.29, 0.717) is 0 Å². The molecule has 1 aliphatic rings. The molecule has 1 aromatic heterocycles. The zero-order valence-corrected chi connectivity index (χ0v) is 38.5. The van der Waals surface area contributed by atoms with Crippen molar-refractivity contribution >= 4 is 38.1 Å². The summed E-state index contributed by atoms with van der Waals surface area (Å²) in [5.41, 5.74) is -0.759. The Morgan fingerprint density at radius 1 is 0.733 bits per heavy atom. The predicted octanol–water partition coefficient (Wildman–Crippen LogP) is 15.7. The predicted molar refractivity (Wildman–Crippen MR) is 229 cm³/mol. The number of aliphatic hydroxyl groups is 1. The number of hydrogen-bond acceptors (Lipinski definition) is 3. The van der Waals surface area contributed by atoms with Crippen LogP contribution in [0.1, 0.15) is 131 Å². The summed E-state index contributed by atoms with van der Waals surface area (Å²) in [6.07, 6.45) is -6.45. The van der Waals surface area contributed by atoms with Crippen LogP contribution in [0.15, 0.2) is 84.8 Å². The third kappa shape index (κ3) is 9.35. The number of nitrogens with zero attached hydrogens (tertiary/aromatic N) is 1. The van der Waals surface area contributed by atoms with Crippen molar-refractivity contribution in [3.05, 3.63) is 102 Å². The summed E-state index contributed by atoms with van der Waals surface area (Å²) in [7, 11) is 0. The zero-order valence-electron chi connectivity index (χ0n) is 36.1. The van der Waals surface area contributed by atoms with E-state index in [9.17, 15) is 36.2 Å². The van der Waals surface area contributed by atoms with E-state index in [1.165, 1.54) is 11.6 Å². The van der Waals surface area contributed by atoms with Crippen LogP contribution in [0.3, 0.4) is 0 Å². The molecule has 1 aliphatic carbocycles. The summed E-state index contributed by atoms with van der Waals surface area (Å²) in [5.74, 6) is -0.109. The van der Waals surface area contributed by atoms with Gasteiger partial charge in [0, 0.05) is 48.9 Å². The molecule has 10 heteroatoms.